The van der Waals surface area contributed by atoms with E-state index in [0.29, 0.717) is 5.11 Å². The lowest BCUT2D eigenvalue weighted by Gasteiger charge is -2.24. The van der Waals surface area contributed by atoms with Crippen LogP contribution in [0, 0.1) is 0 Å². The highest BCUT2D eigenvalue weighted by atomic mass is 32.1. The first-order valence-electron chi connectivity index (χ1n) is 5.96. The predicted octanol–water partition coefficient (Wildman–Crippen LogP) is 1.77. The Labute approximate surface area is 113 Å². The van der Waals surface area contributed by atoms with Crippen LogP contribution in [0.1, 0.15) is 0 Å². The maximum Gasteiger partial charge on any atom is 0.201 e. The van der Waals surface area contributed by atoms with Crippen LogP contribution in [0.2, 0.25) is 0 Å². The van der Waals surface area contributed by atoms with Gasteiger partial charge in [-0.3, -0.25) is 0 Å². The molecule has 1 aliphatic rings. The van der Waals surface area contributed by atoms with Crippen molar-refractivity contribution in [2.24, 2.45) is 4.99 Å². The number of rotatable bonds is 2. The minimum atomic E-state index is 0.563. The summed E-state index contributed by atoms with van der Waals surface area (Å²) in [4.78, 5) is 8.34. The number of aliphatic imine (C=N–C) groups is 1. The molecule has 0 unspecified atom stereocenters. The monoisotopic (exact) mass is 263 g/mol. The van der Waals surface area contributed by atoms with Crippen LogP contribution < -0.4 is 4.90 Å². The fraction of sp³-hybridized carbons (Fsp3) is 0.385. The average Bonchev–Trinajstić information content (AvgIpc) is 2.46. The normalized spacial score (nSPS) is 15.9. The molecule has 18 heavy (non-hydrogen) atoms. The molecule has 0 amide bonds. The molecule has 5 heteroatoms. The molecule has 1 aromatic carbocycles. The average molecular weight is 263 g/mol. The van der Waals surface area contributed by atoms with Gasteiger partial charge in [-0.25, -0.2) is 4.99 Å². The van der Waals surface area contributed by atoms with E-state index >= 15 is 0 Å². The summed E-state index contributed by atoms with van der Waals surface area (Å²) in [6, 6.07) is 9.98. The van der Waals surface area contributed by atoms with Crippen LogP contribution in [0.5, 0.6) is 0 Å². The van der Waals surface area contributed by atoms with Gasteiger partial charge in [-0.15, -0.1) is 0 Å². The smallest absolute Gasteiger partial charge is 0.201 e. The van der Waals surface area contributed by atoms with E-state index in [4.69, 9.17) is 17.0 Å². The minimum absolute atomic E-state index is 0.563. The molecule has 0 aromatic heterocycles. The second kappa shape index (κ2) is 6.47. The second-order valence-corrected chi connectivity index (χ2v) is 4.44. The van der Waals surface area contributed by atoms with Gasteiger partial charge < -0.3 is 14.5 Å². The Morgan fingerprint density at radius 1 is 1.33 bits per heavy atom. The van der Waals surface area contributed by atoms with Gasteiger partial charge in [0.15, 0.2) is 0 Å². The molecule has 1 fully saturated rings. The van der Waals surface area contributed by atoms with Crippen LogP contribution in [-0.4, -0.2) is 49.7 Å². The Morgan fingerprint density at radius 3 is 2.67 bits per heavy atom. The quantitative estimate of drug-likeness (QED) is 0.462. The molecular formula is C13H17N3OS. The third kappa shape index (κ3) is 3.51. The maximum atomic E-state index is 5.30. The number of thiocarbonyl (C=S) groups is 1. The highest BCUT2D eigenvalue weighted by Gasteiger charge is 2.08. The Hall–Kier alpha value is -1.46. The zero-order chi connectivity index (χ0) is 12.8. The zero-order valence-corrected chi connectivity index (χ0v) is 11.3. The van der Waals surface area contributed by atoms with Gasteiger partial charge in [0.25, 0.3) is 0 Å². The molecule has 4 nitrogen and oxygen atoms in total. The van der Waals surface area contributed by atoms with Crippen molar-refractivity contribution < 1.29 is 4.74 Å². The fourth-order valence-electron chi connectivity index (χ4n) is 1.67. The van der Waals surface area contributed by atoms with Crippen LogP contribution >= 0.6 is 12.2 Å². The number of ether oxygens (including phenoxy) is 1. The fourth-order valence-corrected chi connectivity index (χ4v) is 1.83. The van der Waals surface area contributed by atoms with Gasteiger partial charge in [-0.05, 0) is 24.4 Å². The molecule has 2 rings (SSSR count). The third-order valence-electron chi connectivity index (χ3n) is 2.81. The largest absolute Gasteiger partial charge is 0.378 e. The van der Waals surface area contributed by atoms with E-state index in [0.717, 1.165) is 32.0 Å². The third-order valence-corrected chi connectivity index (χ3v) is 3.19. The van der Waals surface area contributed by atoms with E-state index in [1.807, 2.05) is 48.6 Å². The summed E-state index contributed by atoms with van der Waals surface area (Å²) in [6.07, 6.45) is 1.81. The van der Waals surface area contributed by atoms with Crippen molar-refractivity contribution in [2.75, 3.05) is 38.3 Å². The molecule has 0 radical (unpaired) electrons. The lowest BCUT2D eigenvalue weighted by Crippen LogP contribution is -2.36. The van der Waals surface area contributed by atoms with Crippen LogP contribution in [0.15, 0.2) is 35.3 Å². The number of anilines is 1. The number of hydrogen-bond donors (Lipinski definition) is 0. The summed E-state index contributed by atoms with van der Waals surface area (Å²) in [5.74, 6) is 0. The van der Waals surface area contributed by atoms with E-state index in [1.54, 1.807) is 0 Å². The first-order chi connectivity index (χ1) is 8.77. The van der Waals surface area contributed by atoms with Crippen LogP contribution in [0.4, 0.5) is 5.69 Å². The minimum Gasteiger partial charge on any atom is -0.378 e. The number of hydrogen-bond acceptors (Lipinski definition) is 2. The molecule has 96 valence electrons. The number of benzene rings is 1. The van der Waals surface area contributed by atoms with Crippen molar-refractivity contribution in [3.8, 4) is 0 Å². The molecule has 0 N–H and O–H groups in total. The van der Waals surface area contributed by atoms with Crippen molar-refractivity contribution in [3.63, 3.8) is 0 Å². The van der Waals surface area contributed by atoms with Gasteiger partial charge in [0.05, 0.1) is 19.6 Å². The van der Waals surface area contributed by atoms with Crippen molar-refractivity contribution in [1.29, 1.82) is 0 Å². The van der Waals surface area contributed by atoms with Gasteiger partial charge in [0.1, 0.15) is 0 Å². The van der Waals surface area contributed by atoms with E-state index < -0.39 is 0 Å². The highest BCUT2D eigenvalue weighted by Crippen LogP contribution is 2.12. The van der Waals surface area contributed by atoms with E-state index in [1.165, 1.54) is 0 Å². The van der Waals surface area contributed by atoms with Crippen LogP contribution in [0.25, 0.3) is 0 Å². The van der Waals surface area contributed by atoms with Gasteiger partial charge in [0.2, 0.25) is 5.11 Å². The molecule has 0 atom stereocenters. The Bertz CT molecular complexity index is 416. The molecule has 1 saturated heterocycles. The number of morpholine rings is 1. The molecule has 0 bridgehead atoms. The van der Waals surface area contributed by atoms with Crippen molar-refractivity contribution in [1.82, 2.24) is 4.90 Å². The number of para-hydroxylation sites is 1. The number of nitrogens with zero attached hydrogens (tertiary/aromatic N) is 3. The van der Waals surface area contributed by atoms with Crippen LogP contribution in [0.3, 0.4) is 0 Å². The molecule has 1 heterocycles. The molecule has 1 aromatic rings. The SMILES string of the molecule is CN(C(=S)/N=C/N1CCOCC1)c1ccccc1. The lowest BCUT2D eigenvalue weighted by atomic mass is 10.3. The van der Waals surface area contributed by atoms with E-state index in [-0.39, 0.29) is 0 Å². The molecule has 0 aliphatic carbocycles. The van der Waals surface area contributed by atoms with Gasteiger partial charge in [0, 0.05) is 25.8 Å². The molecule has 0 saturated carbocycles. The van der Waals surface area contributed by atoms with Gasteiger partial charge in [-0.1, -0.05) is 18.2 Å². The van der Waals surface area contributed by atoms with E-state index in [9.17, 15) is 0 Å². The van der Waals surface area contributed by atoms with E-state index in [2.05, 4.69) is 9.89 Å². The van der Waals surface area contributed by atoms with Gasteiger partial charge >= 0.3 is 0 Å². The molecular weight excluding hydrogens is 246 g/mol. The van der Waals surface area contributed by atoms with Crippen molar-refractivity contribution >= 4 is 29.4 Å². The first-order valence-corrected chi connectivity index (χ1v) is 6.37. The first kappa shape index (κ1) is 13.0. The summed E-state index contributed by atoms with van der Waals surface area (Å²) in [5.41, 5.74) is 1.04. The second-order valence-electron chi connectivity index (χ2n) is 4.07. The van der Waals surface area contributed by atoms with Crippen molar-refractivity contribution in [2.45, 2.75) is 0 Å². The topological polar surface area (TPSA) is 28.1 Å². The zero-order valence-electron chi connectivity index (χ0n) is 10.5. The summed E-state index contributed by atoms with van der Waals surface area (Å²) >= 11 is 5.30. The maximum absolute atomic E-state index is 5.30. The Balaban J connectivity index is 1.93. The van der Waals surface area contributed by atoms with Crippen molar-refractivity contribution in [3.05, 3.63) is 30.3 Å². The van der Waals surface area contributed by atoms with Gasteiger partial charge in [-0.2, -0.15) is 0 Å². The Morgan fingerprint density at radius 2 is 2.00 bits per heavy atom. The Kier molecular flexibility index (Phi) is 4.66. The predicted molar refractivity (Wildman–Crippen MR) is 78.3 cm³/mol. The lowest BCUT2D eigenvalue weighted by molar-refractivity contribution is 0.0701. The van der Waals surface area contributed by atoms with Crippen LogP contribution in [-0.2, 0) is 4.74 Å². The summed E-state index contributed by atoms with van der Waals surface area (Å²) < 4.78 is 5.28. The standard InChI is InChI=1S/C13H17N3OS/c1-15(12-5-3-2-4-6-12)13(18)14-11-16-7-9-17-10-8-16/h2-6,11H,7-10H2,1H3/b14-11+. The molecule has 1 aliphatic heterocycles. The summed E-state index contributed by atoms with van der Waals surface area (Å²) in [7, 11) is 1.92. The summed E-state index contributed by atoms with van der Waals surface area (Å²) in [5, 5.41) is 0.563. The highest BCUT2D eigenvalue weighted by molar-refractivity contribution is 7.80. The summed E-state index contributed by atoms with van der Waals surface area (Å²) in [6.45, 7) is 3.27. The molecule has 0 spiro atoms.